The Morgan fingerprint density at radius 3 is 2.69 bits per heavy atom. The van der Waals surface area contributed by atoms with Crippen LogP contribution in [-0.4, -0.2) is 62.5 Å². The highest BCUT2D eigenvalue weighted by Gasteiger charge is 2.34. The van der Waals surface area contributed by atoms with E-state index in [2.05, 4.69) is 0 Å². The molecule has 2 atom stereocenters. The van der Waals surface area contributed by atoms with E-state index in [0.29, 0.717) is 6.42 Å². The number of carbonyl (C=O) groups excluding carboxylic acids is 2. The average Bonchev–Trinajstić information content (AvgIpc) is 2.92. The summed E-state index contributed by atoms with van der Waals surface area (Å²) in [4.78, 5) is 25.4. The number of carbonyl (C=O) groups is 2. The Bertz CT molecular complexity index is 800. The third-order valence-electron chi connectivity index (χ3n) is 4.00. The first-order chi connectivity index (χ1) is 12.1. The highest BCUT2D eigenvalue weighted by Crippen LogP contribution is 2.24. The van der Waals surface area contributed by atoms with Gasteiger partial charge in [-0.05, 0) is 31.5 Å². The van der Waals surface area contributed by atoms with Gasteiger partial charge in [-0.15, -0.1) is 0 Å². The maximum Gasteiger partial charge on any atom is 0.344 e. The summed E-state index contributed by atoms with van der Waals surface area (Å²) in [6, 6.07) is 3.01. The summed E-state index contributed by atoms with van der Waals surface area (Å²) in [6.07, 6.45) is -0.736. The van der Waals surface area contributed by atoms with E-state index in [0.717, 1.165) is 12.1 Å². The molecule has 1 saturated heterocycles. The zero-order chi connectivity index (χ0) is 19.5. The number of amides is 1. The lowest BCUT2D eigenvalue weighted by molar-refractivity contribution is -0.160. The van der Waals surface area contributed by atoms with Crippen molar-refractivity contribution < 1.29 is 31.9 Å². The Hall–Kier alpha value is -1.87. The van der Waals surface area contributed by atoms with E-state index in [1.807, 2.05) is 0 Å². The molecule has 0 aromatic heterocycles. The van der Waals surface area contributed by atoms with Crippen LogP contribution in [0.15, 0.2) is 18.2 Å². The molecule has 1 heterocycles. The largest absolute Gasteiger partial charge is 0.480 e. The van der Waals surface area contributed by atoms with Crippen molar-refractivity contribution in [2.24, 2.45) is 0 Å². The van der Waals surface area contributed by atoms with Crippen molar-refractivity contribution in [3.63, 3.8) is 0 Å². The SMILES string of the molecule is C[C@@H](OC(=O)COc1ccc(F)cc1Cl)C(=O)N(C)[C@@H]1CCS(=O)(=O)C1. The fourth-order valence-electron chi connectivity index (χ4n) is 2.56. The van der Waals surface area contributed by atoms with E-state index in [1.54, 1.807) is 0 Å². The number of hydrogen-bond acceptors (Lipinski definition) is 6. The second-order valence-corrected chi connectivity index (χ2v) is 8.64. The summed E-state index contributed by atoms with van der Waals surface area (Å²) in [5.41, 5.74) is 0. The van der Waals surface area contributed by atoms with Crippen molar-refractivity contribution in [3.05, 3.63) is 29.0 Å². The normalized spacial score (nSPS) is 19.6. The van der Waals surface area contributed by atoms with Crippen molar-refractivity contribution in [2.75, 3.05) is 25.2 Å². The molecular weight excluding hydrogens is 389 g/mol. The summed E-state index contributed by atoms with van der Waals surface area (Å²) in [7, 11) is -1.65. The highest BCUT2D eigenvalue weighted by molar-refractivity contribution is 7.91. The molecule has 0 unspecified atom stereocenters. The maximum absolute atomic E-state index is 12.9. The van der Waals surface area contributed by atoms with Crippen LogP contribution in [-0.2, 0) is 24.2 Å². The first kappa shape index (κ1) is 20.4. The Balaban J connectivity index is 1.85. The molecule has 0 aliphatic carbocycles. The van der Waals surface area contributed by atoms with E-state index >= 15 is 0 Å². The lowest BCUT2D eigenvalue weighted by atomic mass is 10.2. The van der Waals surface area contributed by atoms with Gasteiger partial charge >= 0.3 is 5.97 Å². The number of sulfone groups is 1. The lowest BCUT2D eigenvalue weighted by Gasteiger charge is -2.26. The second kappa shape index (κ2) is 8.22. The molecule has 26 heavy (non-hydrogen) atoms. The molecule has 2 rings (SSSR count). The molecule has 144 valence electrons. The van der Waals surface area contributed by atoms with Crippen LogP contribution >= 0.6 is 11.6 Å². The molecule has 1 aromatic rings. The first-order valence-electron chi connectivity index (χ1n) is 7.83. The molecule has 1 aliphatic heterocycles. The van der Waals surface area contributed by atoms with Crippen LogP contribution in [0.25, 0.3) is 0 Å². The van der Waals surface area contributed by atoms with E-state index in [-0.39, 0.29) is 22.3 Å². The van der Waals surface area contributed by atoms with Gasteiger partial charge in [0.2, 0.25) is 0 Å². The standard InChI is InChI=1S/C16H19ClFNO6S/c1-10(16(21)19(2)12-5-6-26(22,23)9-12)25-15(20)8-24-14-4-3-11(18)7-13(14)17/h3-4,7,10,12H,5-6,8-9H2,1-2H3/t10-,12-/m1/s1. The van der Waals surface area contributed by atoms with Crippen molar-refractivity contribution in [3.8, 4) is 5.75 Å². The number of likely N-dealkylation sites (N-methyl/N-ethyl adjacent to an activating group) is 1. The van der Waals surface area contributed by atoms with E-state index in [1.165, 1.54) is 24.9 Å². The Morgan fingerprint density at radius 2 is 2.12 bits per heavy atom. The van der Waals surface area contributed by atoms with Crippen molar-refractivity contribution in [2.45, 2.75) is 25.5 Å². The van der Waals surface area contributed by atoms with Gasteiger partial charge in [-0.2, -0.15) is 0 Å². The fourth-order valence-corrected chi connectivity index (χ4v) is 4.55. The van der Waals surface area contributed by atoms with Crippen LogP contribution in [0.1, 0.15) is 13.3 Å². The molecular formula is C16H19ClFNO6S. The molecule has 0 bridgehead atoms. The van der Waals surface area contributed by atoms with Gasteiger partial charge in [0.25, 0.3) is 5.91 Å². The van der Waals surface area contributed by atoms with Gasteiger partial charge < -0.3 is 14.4 Å². The van der Waals surface area contributed by atoms with Gasteiger partial charge in [-0.3, -0.25) is 4.79 Å². The van der Waals surface area contributed by atoms with Gasteiger partial charge in [-0.25, -0.2) is 17.6 Å². The number of nitrogens with zero attached hydrogens (tertiary/aromatic N) is 1. The molecule has 0 N–H and O–H groups in total. The molecule has 0 saturated carbocycles. The molecule has 0 spiro atoms. The summed E-state index contributed by atoms with van der Waals surface area (Å²) < 4.78 is 46.1. The van der Waals surface area contributed by atoms with E-state index in [4.69, 9.17) is 21.1 Å². The Morgan fingerprint density at radius 1 is 1.42 bits per heavy atom. The summed E-state index contributed by atoms with van der Waals surface area (Å²) >= 11 is 5.78. The average molecular weight is 408 g/mol. The summed E-state index contributed by atoms with van der Waals surface area (Å²) in [5, 5.41) is 0.00380. The minimum Gasteiger partial charge on any atom is -0.480 e. The Kier molecular flexibility index (Phi) is 6.46. The van der Waals surface area contributed by atoms with Gasteiger partial charge in [0.15, 0.2) is 22.5 Å². The van der Waals surface area contributed by atoms with Crippen LogP contribution < -0.4 is 4.74 Å². The quantitative estimate of drug-likeness (QED) is 0.663. The number of benzene rings is 1. The molecule has 1 aromatic carbocycles. The topological polar surface area (TPSA) is 90.0 Å². The summed E-state index contributed by atoms with van der Waals surface area (Å²) in [5.74, 6) is -1.80. The van der Waals surface area contributed by atoms with Crippen LogP contribution in [0.2, 0.25) is 5.02 Å². The number of hydrogen-bond donors (Lipinski definition) is 0. The third kappa shape index (κ3) is 5.31. The van der Waals surface area contributed by atoms with Crippen LogP contribution in [0.5, 0.6) is 5.75 Å². The van der Waals surface area contributed by atoms with Crippen LogP contribution in [0, 0.1) is 5.82 Å². The van der Waals surface area contributed by atoms with E-state index in [9.17, 15) is 22.4 Å². The summed E-state index contributed by atoms with van der Waals surface area (Å²) in [6.45, 7) is 0.884. The number of ether oxygens (including phenoxy) is 2. The molecule has 1 aliphatic rings. The number of esters is 1. The van der Waals surface area contributed by atoms with Gasteiger partial charge in [0.1, 0.15) is 11.6 Å². The van der Waals surface area contributed by atoms with Crippen molar-refractivity contribution >= 4 is 33.3 Å². The smallest absolute Gasteiger partial charge is 0.344 e. The number of rotatable bonds is 6. The molecule has 1 amide bonds. The molecule has 10 heteroatoms. The first-order valence-corrected chi connectivity index (χ1v) is 10.0. The fraction of sp³-hybridized carbons (Fsp3) is 0.500. The van der Waals surface area contributed by atoms with Crippen molar-refractivity contribution in [1.82, 2.24) is 4.90 Å². The number of halogens is 2. The van der Waals surface area contributed by atoms with Crippen LogP contribution in [0.3, 0.4) is 0 Å². The predicted octanol–water partition coefficient (Wildman–Crippen LogP) is 1.44. The van der Waals surface area contributed by atoms with Gasteiger partial charge in [0, 0.05) is 13.1 Å². The highest BCUT2D eigenvalue weighted by atomic mass is 35.5. The predicted molar refractivity (Wildman–Crippen MR) is 92.3 cm³/mol. The lowest BCUT2D eigenvalue weighted by Crippen LogP contribution is -2.44. The molecule has 1 fully saturated rings. The molecule has 7 nitrogen and oxygen atoms in total. The monoisotopic (exact) mass is 407 g/mol. The minimum absolute atomic E-state index is 0.00380. The zero-order valence-electron chi connectivity index (χ0n) is 14.3. The third-order valence-corrected chi connectivity index (χ3v) is 6.04. The van der Waals surface area contributed by atoms with Gasteiger partial charge in [0.05, 0.1) is 16.5 Å². The maximum atomic E-state index is 12.9. The molecule has 0 radical (unpaired) electrons. The van der Waals surface area contributed by atoms with E-state index < -0.39 is 46.3 Å². The minimum atomic E-state index is -3.13. The Labute approximate surface area is 155 Å². The zero-order valence-corrected chi connectivity index (χ0v) is 15.8. The van der Waals surface area contributed by atoms with Crippen LogP contribution in [0.4, 0.5) is 4.39 Å². The second-order valence-electron chi connectivity index (χ2n) is 6.00. The van der Waals surface area contributed by atoms with Crippen molar-refractivity contribution in [1.29, 1.82) is 0 Å². The van der Waals surface area contributed by atoms with Gasteiger partial charge in [-0.1, -0.05) is 11.6 Å².